The maximum atomic E-state index is 13.0. The predicted molar refractivity (Wildman–Crippen MR) is 149 cm³/mol. The molecule has 4 amide bonds. The van der Waals surface area contributed by atoms with Crippen LogP contribution in [0.5, 0.6) is 5.75 Å². The molecule has 3 rings (SSSR count). The van der Waals surface area contributed by atoms with Crippen LogP contribution in [0.1, 0.15) is 51.2 Å². The van der Waals surface area contributed by atoms with Crippen molar-refractivity contribution in [1.29, 1.82) is 0 Å². The average Bonchev–Trinajstić information content (AvgIpc) is 2.93. The number of aromatic hydroxyl groups is 1. The molecule has 2 N–H and O–H groups in total. The number of nitrogens with one attached hydrogen (secondary N) is 1. The van der Waals surface area contributed by atoms with Gasteiger partial charge in [0.2, 0.25) is 12.3 Å². The number of phenolic OH excluding ortho intramolecular Hbond substituents is 1. The van der Waals surface area contributed by atoms with Gasteiger partial charge < -0.3 is 20.2 Å². The summed E-state index contributed by atoms with van der Waals surface area (Å²) in [5.74, 6) is -0.127. The number of hydrogen-bond donors (Lipinski definition) is 2. The van der Waals surface area contributed by atoms with E-state index in [4.69, 9.17) is 0 Å². The monoisotopic (exact) mass is 543 g/mol. The maximum Gasteiger partial charge on any atom is 0.333 e. The normalized spacial score (nSPS) is 14.5. The van der Waals surface area contributed by atoms with Crippen LogP contribution >= 0.6 is 0 Å². The first kappa shape index (κ1) is 31.6. The zero-order valence-electron chi connectivity index (χ0n) is 23.6. The number of carbonyl (C=O) groups is 3. The molecule has 1 heterocycles. The summed E-state index contributed by atoms with van der Waals surface area (Å²) < 4.78 is 13.0. The third kappa shape index (κ3) is 9.86. The number of halogens is 1. The summed E-state index contributed by atoms with van der Waals surface area (Å²) in [7, 11) is 3.53. The molecule has 0 saturated carbocycles. The summed E-state index contributed by atoms with van der Waals surface area (Å²) in [5.41, 5.74) is 1.87. The molecule has 0 aliphatic carbocycles. The van der Waals surface area contributed by atoms with Gasteiger partial charge in [-0.3, -0.25) is 9.59 Å². The molecule has 1 fully saturated rings. The summed E-state index contributed by atoms with van der Waals surface area (Å²) in [6.45, 7) is 6.71. The number of hydrazine groups is 1. The van der Waals surface area contributed by atoms with Gasteiger partial charge in [-0.2, -0.15) is 0 Å². The molecule has 0 bridgehead atoms. The van der Waals surface area contributed by atoms with Crippen molar-refractivity contribution in [3.63, 3.8) is 0 Å². The summed E-state index contributed by atoms with van der Waals surface area (Å²) in [6.07, 6.45) is 4.48. The van der Waals surface area contributed by atoms with E-state index >= 15 is 0 Å². The number of carbonyl (C=O) groups excluding carboxylic acids is 3. The van der Waals surface area contributed by atoms with E-state index in [1.807, 2.05) is 26.1 Å². The average molecular weight is 544 g/mol. The van der Waals surface area contributed by atoms with Crippen molar-refractivity contribution in [2.45, 2.75) is 65.1 Å². The number of aryl methyl sites for hydroxylation is 1. The van der Waals surface area contributed by atoms with E-state index in [1.54, 1.807) is 46.1 Å². The molecule has 10 heteroatoms. The van der Waals surface area contributed by atoms with Crippen LogP contribution in [0.15, 0.2) is 48.5 Å². The lowest BCUT2D eigenvalue weighted by Crippen LogP contribution is -2.63. The van der Waals surface area contributed by atoms with Gasteiger partial charge in [-0.05, 0) is 68.0 Å². The zero-order chi connectivity index (χ0) is 28.9. The number of nitrogens with zero attached hydrogens (tertiary/aromatic N) is 4. The van der Waals surface area contributed by atoms with Crippen LogP contribution in [-0.4, -0.2) is 82.7 Å². The first-order valence-corrected chi connectivity index (χ1v) is 13.3. The SMILES string of the molecule is CC(CCc1ccc(O)cc1)N1CN(C(=O)NCc2ccc(F)cc2)N(C)CC1=O.CCC(CC)N(C)C=O. The summed E-state index contributed by atoms with van der Waals surface area (Å²) in [6, 6.07) is 13.0. The molecule has 39 heavy (non-hydrogen) atoms. The van der Waals surface area contributed by atoms with E-state index in [0.717, 1.165) is 43.2 Å². The Morgan fingerprint density at radius 1 is 1.10 bits per heavy atom. The number of rotatable bonds is 10. The van der Waals surface area contributed by atoms with E-state index in [9.17, 15) is 23.9 Å². The Morgan fingerprint density at radius 3 is 2.23 bits per heavy atom. The Morgan fingerprint density at radius 2 is 1.69 bits per heavy atom. The molecule has 1 unspecified atom stereocenters. The predicted octanol–water partition coefficient (Wildman–Crippen LogP) is 3.97. The molecule has 0 spiro atoms. The molecule has 214 valence electrons. The van der Waals surface area contributed by atoms with Gasteiger partial charge in [0, 0.05) is 32.7 Å². The second kappa shape index (κ2) is 15.7. The lowest BCUT2D eigenvalue weighted by Gasteiger charge is -2.43. The maximum absolute atomic E-state index is 13.0. The molecular weight excluding hydrogens is 501 g/mol. The third-order valence-corrected chi connectivity index (χ3v) is 6.98. The van der Waals surface area contributed by atoms with Gasteiger partial charge in [0.05, 0.1) is 6.54 Å². The second-order valence-corrected chi connectivity index (χ2v) is 9.80. The van der Waals surface area contributed by atoms with Gasteiger partial charge in [0.15, 0.2) is 0 Å². The van der Waals surface area contributed by atoms with Crippen LogP contribution in [0.25, 0.3) is 0 Å². The summed E-state index contributed by atoms with van der Waals surface area (Å²) in [4.78, 5) is 38.8. The van der Waals surface area contributed by atoms with Crippen LogP contribution in [-0.2, 0) is 22.6 Å². The molecule has 2 aromatic carbocycles. The molecule has 0 radical (unpaired) electrons. The lowest BCUT2D eigenvalue weighted by molar-refractivity contribution is -0.153. The summed E-state index contributed by atoms with van der Waals surface area (Å²) >= 11 is 0. The van der Waals surface area contributed by atoms with Crippen LogP contribution < -0.4 is 5.32 Å². The second-order valence-electron chi connectivity index (χ2n) is 9.80. The standard InChI is InChI=1S/C22H27FN4O3.C7H15NO/c1-16(3-4-17-7-11-20(28)12-8-17)26-15-27(25(2)14-21(26)29)22(30)24-13-18-5-9-19(23)10-6-18;1-4-7(5-2)8(3)6-9/h5-12,16,28H,3-4,13-15H2,1-2H3,(H,24,30);6-7H,4-5H2,1-3H3. The van der Waals surface area contributed by atoms with Crippen LogP contribution in [0.3, 0.4) is 0 Å². The molecule has 1 saturated heterocycles. The molecule has 1 aliphatic rings. The number of likely N-dealkylation sites (N-methyl/N-ethyl adjacent to an activating group) is 1. The van der Waals surface area contributed by atoms with E-state index < -0.39 is 0 Å². The van der Waals surface area contributed by atoms with Crippen LogP contribution in [0, 0.1) is 5.82 Å². The van der Waals surface area contributed by atoms with Crippen LogP contribution in [0.2, 0.25) is 0 Å². The van der Waals surface area contributed by atoms with Crippen molar-refractivity contribution in [3.05, 3.63) is 65.5 Å². The van der Waals surface area contributed by atoms with Crippen molar-refractivity contribution in [2.24, 2.45) is 0 Å². The Labute approximate surface area is 231 Å². The molecule has 2 aromatic rings. The van der Waals surface area contributed by atoms with Crippen molar-refractivity contribution in [2.75, 3.05) is 27.3 Å². The molecule has 9 nitrogen and oxygen atoms in total. The highest BCUT2D eigenvalue weighted by Gasteiger charge is 2.33. The molecule has 0 aromatic heterocycles. The highest BCUT2D eigenvalue weighted by Crippen LogP contribution is 2.17. The number of amides is 4. The number of urea groups is 1. The van der Waals surface area contributed by atoms with Crippen molar-refractivity contribution in [1.82, 2.24) is 25.1 Å². The van der Waals surface area contributed by atoms with Gasteiger partial charge in [0.25, 0.3) is 0 Å². The highest BCUT2D eigenvalue weighted by atomic mass is 19.1. The molecule has 1 atom stereocenters. The smallest absolute Gasteiger partial charge is 0.333 e. The van der Waals surface area contributed by atoms with Gasteiger partial charge in [-0.1, -0.05) is 38.1 Å². The first-order valence-electron chi connectivity index (χ1n) is 13.3. The minimum Gasteiger partial charge on any atom is -0.508 e. The van der Waals surface area contributed by atoms with E-state index in [2.05, 4.69) is 19.2 Å². The molecular formula is C29H42FN5O4. The van der Waals surface area contributed by atoms with Crippen molar-refractivity contribution < 1.29 is 23.9 Å². The van der Waals surface area contributed by atoms with Gasteiger partial charge in [0.1, 0.15) is 18.2 Å². The number of phenols is 1. The highest BCUT2D eigenvalue weighted by molar-refractivity contribution is 5.82. The van der Waals surface area contributed by atoms with Crippen LogP contribution in [0.4, 0.5) is 9.18 Å². The quantitative estimate of drug-likeness (QED) is 0.442. The minimum atomic E-state index is -0.323. The van der Waals surface area contributed by atoms with Crippen molar-refractivity contribution in [3.8, 4) is 5.75 Å². The lowest BCUT2D eigenvalue weighted by atomic mass is 10.0. The van der Waals surface area contributed by atoms with E-state index in [-0.39, 0.29) is 49.3 Å². The van der Waals surface area contributed by atoms with Gasteiger partial charge in [-0.15, -0.1) is 0 Å². The Kier molecular flexibility index (Phi) is 12.7. The Balaban J connectivity index is 0.000000510. The van der Waals surface area contributed by atoms with Gasteiger partial charge >= 0.3 is 6.03 Å². The number of hydrogen-bond acceptors (Lipinski definition) is 5. The van der Waals surface area contributed by atoms with Crippen molar-refractivity contribution >= 4 is 18.3 Å². The third-order valence-electron chi connectivity index (χ3n) is 6.98. The van der Waals surface area contributed by atoms with E-state index in [0.29, 0.717) is 6.04 Å². The zero-order valence-corrected chi connectivity index (χ0v) is 23.6. The fourth-order valence-corrected chi connectivity index (χ4v) is 4.32. The van der Waals surface area contributed by atoms with Gasteiger partial charge in [-0.25, -0.2) is 19.2 Å². The minimum absolute atomic E-state index is 0.0294. The molecule has 1 aliphatic heterocycles. The fourth-order valence-electron chi connectivity index (χ4n) is 4.32. The topological polar surface area (TPSA) is 96.4 Å². The Hall–Kier alpha value is -3.66. The van der Waals surface area contributed by atoms with E-state index in [1.165, 1.54) is 17.1 Å². The first-order chi connectivity index (χ1) is 18.6. The largest absolute Gasteiger partial charge is 0.508 e. The summed E-state index contributed by atoms with van der Waals surface area (Å²) in [5, 5.41) is 15.3. The fraction of sp³-hybridized carbons (Fsp3) is 0.483. The number of benzene rings is 2. The Bertz CT molecular complexity index is 1050.